The molecule has 1 saturated heterocycles. The lowest BCUT2D eigenvalue weighted by atomic mass is 10.0. The number of rotatable bonds is 9. The third kappa shape index (κ3) is 7.53. The number of hydrogen-bond donors (Lipinski definition) is 3. The van der Waals surface area contributed by atoms with E-state index in [1.54, 1.807) is 48.5 Å². The minimum absolute atomic E-state index is 0.00469. The second kappa shape index (κ2) is 13.0. The lowest BCUT2D eigenvalue weighted by Gasteiger charge is -2.31. The van der Waals surface area contributed by atoms with Crippen LogP contribution in [-0.2, 0) is 26.0 Å². The Morgan fingerprint density at radius 3 is 2.34 bits per heavy atom. The molecule has 2 aromatic carbocycles. The van der Waals surface area contributed by atoms with E-state index in [4.69, 9.17) is 5.73 Å². The molecule has 4 N–H and O–H groups in total. The van der Waals surface area contributed by atoms with Gasteiger partial charge in [0.05, 0.1) is 17.6 Å². The van der Waals surface area contributed by atoms with E-state index >= 15 is 0 Å². The summed E-state index contributed by atoms with van der Waals surface area (Å²) >= 11 is 0. The number of likely N-dealkylation sites (tertiary alicyclic amines) is 1. The molecule has 216 valence electrons. The number of benzene rings is 2. The monoisotopic (exact) mass is 583 g/mol. The molecule has 1 aromatic heterocycles. The van der Waals surface area contributed by atoms with Crippen molar-refractivity contribution < 1.29 is 26.8 Å². The first kappa shape index (κ1) is 29.8. The molecule has 4 rings (SSSR count). The van der Waals surface area contributed by atoms with Gasteiger partial charge in [0, 0.05) is 31.3 Å². The number of nitrogens with one attached hydrogen (secondary N) is 2. The van der Waals surface area contributed by atoms with E-state index in [-0.39, 0.29) is 54.9 Å². The molecule has 9 nitrogen and oxygen atoms in total. The molecular weight excluding hydrogens is 552 g/mol. The average molecular weight is 584 g/mol. The van der Waals surface area contributed by atoms with Crippen LogP contribution in [0.3, 0.4) is 0 Å². The molecular formula is C29H31F2N5O4S. The number of carbonyl (C=O) groups is 2. The van der Waals surface area contributed by atoms with Crippen molar-refractivity contribution in [2.45, 2.75) is 43.5 Å². The fourth-order valence-electron chi connectivity index (χ4n) is 4.68. The zero-order valence-corrected chi connectivity index (χ0v) is 23.3. The number of aryl methyl sites for hydroxylation is 1. The van der Waals surface area contributed by atoms with Crippen molar-refractivity contribution in [3.05, 3.63) is 84.2 Å². The summed E-state index contributed by atoms with van der Waals surface area (Å²) in [5.74, 6) is -0.994. The zero-order chi connectivity index (χ0) is 29.6. The van der Waals surface area contributed by atoms with Crippen molar-refractivity contribution in [3.8, 4) is 11.1 Å². The second-order valence-electron chi connectivity index (χ2n) is 9.71. The van der Waals surface area contributed by atoms with Gasteiger partial charge < -0.3 is 16.0 Å². The topological polar surface area (TPSA) is 134 Å². The summed E-state index contributed by atoms with van der Waals surface area (Å²) < 4.78 is 56.4. The molecule has 41 heavy (non-hydrogen) atoms. The van der Waals surface area contributed by atoms with Gasteiger partial charge in [-0.1, -0.05) is 42.5 Å². The predicted molar refractivity (Wildman–Crippen MR) is 152 cm³/mol. The Labute approximate surface area is 237 Å². The number of para-hydroxylation sites is 1. The van der Waals surface area contributed by atoms with Crippen molar-refractivity contribution in [2.75, 3.05) is 24.1 Å². The summed E-state index contributed by atoms with van der Waals surface area (Å²) in [4.78, 5) is 31.1. The summed E-state index contributed by atoms with van der Waals surface area (Å²) in [6.45, 7) is 1.37. The fourth-order valence-corrected chi connectivity index (χ4v) is 6.09. The molecule has 1 aliphatic heterocycles. The van der Waals surface area contributed by atoms with Crippen LogP contribution in [0.2, 0.25) is 0 Å². The largest absolute Gasteiger partial charge is 0.397 e. The summed E-state index contributed by atoms with van der Waals surface area (Å²) in [5, 5.41) is 2.64. The molecule has 12 heteroatoms. The minimum atomic E-state index is -4.37. The fraction of sp³-hybridized carbons (Fsp3) is 0.276. The average Bonchev–Trinajstić information content (AvgIpc) is 2.96. The van der Waals surface area contributed by atoms with Gasteiger partial charge >= 0.3 is 0 Å². The van der Waals surface area contributed by atoms with E-state index in [0.29, 0.717) is 22.5 Å². The number of aromatic nitrogens is 1. The lowest BCUT2D eigenvalue weighted by molar-refractivity contribution is -0.133. The Kier molecular flexibility index (Phi) is 9.46. The number of amides is 2. The smallest absolute Gasteiger partial charge is 0.269 e. The molecule has 2 heterocycles. The number of halogens is 2. The van der Waals surface area contributed by atoms with Crippen LogP contribution in [0, 0.1) is 0 Å². The van der Waals surface area contributed by atoms with E-state index in [0.717, 1.165) is 0 Å². The molecule has 0 aliphatic carbocycles. The van der Waals surface area contributed by atoms with E-state index in [1.165, 1.54) is 24.1 Å². The number of carbonyl (C=O) groups excluding carboxylic acids is 2. The number of anilines is 2. The van der Waals surface area contributed by atoms with E-state index < -0.39 is 34.0 Å². The van der Waals surface area contributed by atoms with Crippen LogP contribution >= 0.6 is 0 Å². The highest BCUT2D eigenvalue weighted by Gasteiger charge is 2.33. The Morgan fingerprint density at radius 1 is 1.02 bits per heavy atom. The zero-order valence-electron chi connectivity index (χ0n) is 22.4. The van der Waals surface area contributed by atoms with Crippen LogP contribution in [0.25, 0.3) is 11.1 Å². The molecule has 1 atom stereocenters. The summed E-state index contributed by atoms with van der Waals surface area (Å²) in [6, 6.07) is 15.7. The van der Waals surface area contributed by atoms with Crippen LogP contribution in [0.1, 0.15) is 31.9 Å². The number of sulfonamides is 1. The van der Waals surface area contributed by atoms with Gasteiger partial charge in [0.2, 0.25) is 21.8 Å². The number of nitrogens with two attached hydrogens (primary N) is 1. The molecule has 0 radical (unpaired) electrons. The van der Waals surface area contributed by atoms with Crippen molar-refractivity contribution in [2.24, 2.45) is 0 Å². The number of piperidine rings is 1. The van der Waals surface area contributed by atoms with Crippen LogP contribution in [0.15, 0.2) is 83.4 Å². The second-order valence-corrected chi connectivity index (χ2v) is 11.4. The quantitative estimate of drug-likeness (QED) is 0.343. The molecule has 2 amide bonds. The maximum atomic E-state index is 13.8. The first-order valence-electron chi connectivity index (χ1n) is 13.1. The van der Waals surface area contributed by atoms with Crippen LogP contribution in [-0.4, -0.2) is 49.2 Å². The Hall–Kier alpha value is -4.16. The van der Waals surface area contributed by atoms with Crippen molar-refractivity contribution >= 4 is 33.2 Å². The third-order valence-electron chi connectivity index (χ3n) is 6.78. The van der Waals surface area contributed by atoms with Gasteiger partial charge in [0.1, 0.15) is 10.9 Å². The van der Waals surface area contributed by atoms with Gasteiger partial charge in [0.15, 0.2) is 0 Å². The van der Waals surface area contributed by atoms with Crippen LogP contribution in [0.4, 0.5) is 20.2 Å². The van der Waals surface area contributed by atoms with Gasteiger partial charge in [-0.3, -0.25) is 14.6 Å². The SMILES string of the molecule is CC(=O)Nc1c(-c2ccccc2)cccc1S(=O)(=O)N[C@@H](CCc1ccc(N)cn1)C(=O)N1CCC(=C(F)F)CC1. The van der Waals surface area contributed by atoms with Gasteiger partial charge in [-0.05, 0) is 55.0 Å². The predicted octanol–water partition coefficient (Wildman–Crippen LogP) is 4.34. The van der Waals surface area contributed by atoms with E-state index in [9.17, 15) is 26.8 Å². The highest BCUT2D eigenvalue weighted by Crippen LogP contribution is 2.34. The number of nitrogens with zero attached hydrogens (tertiary/aromatic N) is 2. The Morgan fingerprint density at radius 2 is 1.73 bits per heavy atom. The maximum Gasteiger partial charge on any atom is 0.269 e. The minimum Gasteiger partial charge on any atom is -0.397 e. The first-order chi connectivity index (χ1) is 19.5. The Bertz CT molecular complexity index is 1530. The van der Waals surface area contributed by atoms with E-state index in [1.807, 2.05) is 6.07 Å². The summed E-state index contributed by atoms with van der Waals surface area (Å²) in [6.07, 6.45) is 0.0549. The van der Waals surface area contributed by atoms with Gasteiger partial charge in [-0.25, -0.2) is 8.42 Å². The maximum absolute atomic E-state index is 13.8. The standard InChI is InChI=1S/C29H31F2N5O4S/c1-19(37)34-27-24(20-6-3-2-4-7-20)8-5-9-26(27)41(39,40)35-25(13-12-23-11-10-22(32)18-33-23)29(38)36-16-14-21(15-17-36)28(30)31/h2-11,18,25,35H,12-17,32H2,1H3,(H,34,37)/t25-/m0/s1. The molecule has 1 aliphatic rings. The summed E-state index contributed by atoms with van der Waals surface area (Å²) in [5.41, 5.74) is 8.02. The van der Waals surface area contributed by atoms with Gasteiger partial charge in [0.25, 0.3) is 6.08 Å². The summed E-state index contributed by atoms with van der Waals surface area (Å²) in [7, 11) is -4.37. The molecule has 0 saturated carbocycles. The normalized spacial score (nSPS) is 14.4. The molecule has 0 unspecified atom stereocenters. The Balaban J connectivity index is 1.67. The first-order valence-corrected chi connectivity index (χ1v) is 14.5. The van der Waals surface area contributed by atoms with Crippen LogP contribution < -0.4 is 15.8 Å². The van der Waals surface area contributed by atoms with Crippen molar-refractivity contribution in [1.82, 2.24) is 14.6 Å². The molecule has 0 bridgehead atoms. The number of pyridine rings is 1. The lowest BCUT2D eigenvalue weighted by Crippen LogP contribution is -2.50. The number of nitrogen functional groups attached to an aromatic ring is 1. The highest BCUT2D eigenvalue weighted by molar-refractivity contribution is 7.89. The molecule has 3 aromatic rings. The van der Waals surface area contributed by atoms with Gasteiger partial charge in [-0.2, -0.15) is 13.5 Å². The van der Waals surface area contributed by atoms with Crippen LogP contribution in [0.5, 0.6) is 0 Å². The molecule has 0 spiro atoms. The van der Waals surface area contributed by atoms with Crippen molar-refractivity contribution in [3.63, 3.8) is 0 Å². The third-order valence-corrected chi connectivity index (χ3v) is 8.29. The molecule has 1 fully saturated rings. The number of hydrogen-bond acceptors (Lipinski definition) is 6. The van der Waals surface area contributed by atoms with Crippen molar-refractivity contribution in [1.29, 1.82) is 0 Å². The van der Waals surface area contributed by atoms with Gasteiger partial charge in [-0.15, -0.1) is 0 Å². The van der Waals surface area contributed by atoms with E-state index in [2.05, 4.69) is 15.0 Å². The highest BCUT2D eigenvalue weighted by atomic mass is 32.2.